The molecule has 21 heavy (non-hydrogen) atoms. The van der Waals surface area contributed by atoms with Crippen LogP contribution in [0.2, 0.25) is 0 Å². The summed E-state index contributed by atoms with van der Waals surface area (Å²) in [5, 5.41) is 3.10. The average Bonchev–Trinajstić information content (AvgIpc) is 2.33. The molecule has 0 aliphatic rings. The van der Waals surface area contributed by atoms with E-state index in [0.717, 1.165) is 33.4 Å². The van der Waals surface area contributed by atoms with Gasteiger partial charge in [-0.05, 0) is 55.3 Å². The molecule has 0 spiro atoms. The van der Waals surface area contributed by atoms with E-state index in [1.54, 1.807) is 0 Å². The van der Waals surface area contributed by atoms with E-state index in [1.165, 1.54) is 6.07 Å². The first-order chi connectivity index (χ1) is 9.68. The molecule has 0 saturated heterocycles. The molecule has 2 rings (SSSR count). The van der Waals surface area contributed by atoms with Gasteiger partial charge in [0.1, 0.15) is 0 Å². The number of rotatable bonds is 2. The number of nitrogens with one attached hydrogen (secondary N) is 1. The van der Waals surface area contributed by atoms with Gasteiger partial charge in [0, 0.05) is 10.2 Å². The minimum atomic E-state index is -4.39. The summed E-state index contributed by atoms with van der Waals surface area (Å²) in [6, 6.07) is 7.15. The number of hydrogen-bond donors (Lipinski definition) is 2. The first kappa shape index (κ1) is 15.7. The fraction of sp³-hybridized carbons (Fsp3) is 0.200. The zero-order valence-electron chi connectivity index (χ0n) is 11.5. The van der Waals surface area contributed by atoms with Gasteiger partial charge in [-0.15, -0.1) is 0 Å². The van der Waals surface area contributed by atoms with Crippen molar-refractivity contribution >= 4 is 33.0 Å². The van der Waals surface area contributed by atoms with Gasteiger partial charge in [-0.25, -0.2) is 0 Å². The van der Waals surface area contributed by atoms with Crippen molar-refractivity contribution in [3.8, 4) is 0 Å². The Labute approximate surface area is 129 Å². The third kappa shape index (κ3) is 3.50. The standard InChI is InChI=1S/C15H14BrF3N2/c1-8-5-11(16)6-9(2)14(8)21-13-4-3-10(7-12(13)20)15(17,18)19/h3-7,21H,20H2,1-2H3. The molecule has 2 aromatic rings. The quantitative estimate of drug-likeness (QED) is 0.704. The van der Waals surface area contributed by atoms with Crippen molar-refractivity contribution in [2.45, 2.75) is 20.0 Å². The molecule has 0 heterocycles. The summed E-state index contributed by atoms with van der Waals surface area (Å²) in [4.78, 5) is 0. The molecular weight excluding hydrogens is 345 g/mol. The van der Waals surface area contributed by atoms with E-state index in [-0.39, 0.29) is 5.69 Å². The highest BCUT2D eigenvalue weighted by atomic mass is 79.9. The molecule has 0 unspecified atom stereocenters. The second-order valence-electron chi connectivity index (χ2n) is 4.84. The summed E-state index contributed by atoms with van der Waals surface area (Å²) >= 11 is 3.40. The fourth-order valence-corrected chi connectivity index (χ4v) is 2.78. The van der Waals surface area contributed by atoms with Crippen LogP contribution in [-0.4, -0.2) is 0 Å². The Balaban J connectivity index is 2.37. The Morgan fingerprint density at radius 3 is 2.10 bits per heavy atom. The van der Waals surface area contributed by atoms with Crippen LogP contribution in [0.15, 0.2) is 34.8 Å². The van der Waals surface area contributed by atoms with Crippen molar-refractivity contribution in [1.29, 1.82) is 0 Å². The number of nitrogens with two attached hydrogens (primary N) is 1. The number of alkyl halides is 3. The average molecular weight is 359 g/mol. The molecule has 0 aromatic heterocycles. The van der Waals surface area contributed by atoms with Crippen LogP contribution in [-0.2, 0) is 6.18 Å². The second-order valence-corrected chi connectivity index (χ2v) is 5.76. The van der Waals surface area contributed by atoms with Crippen LogP contribution in [0, 0.1) is 13.8 Å². The largest absolute Gasteiger partial charge is 0.416 e. The molecule has 0 bridgehead atoms. The summed E-state index contributed by atoms with van der Waals surface area (Å²) in [5.41, 5.74) is 8.27. The van der Waals surface area contributed by atoms with E-state index in [4.69, 9.17) is 5.73 Å². The Bertz CT molecular complexity index is 658. The van der Waals surface area contributed by atoms with Crippen LogP contribution in [0.1, 0.15) is 16.7 Å². The predicted molar refractivity (Wildman–Crippen MR) is 82.8 cm³/mol. The molecule has 0 atom stereocenters. The Morgan fingerprint density at radius 1 is 1.05 bits per heavy atom. The van der Waals surface area contributed by atoms with Crippen molar-refractivity contribution in [3.63, 3.8) is 0 Å². The zero-order chi connectivity index (χ0) is 15.8. The lowest BCUT2D eigenvalue weighted by molar-refractivity contribution is -0.137. The van der Waals surface area contributed by atoms with Gasteiger partial charge < -0.3 is 11.1 Å². The minimum absolute atomic E-state index is 0.0616. The van der Waals surface area contributed by atoms with Gasteiger partial charge in [0.05, 0.1) is 16.9 Å². The molecule has 2 nitrogen and oxygen atoms in total. The molecule has 6 heteroatoms. The van der Waals surface area contributed by atoms with E-state index in [0.29, 0.717) is 5.69 Å². The third-order valence-electron chi connectivity index (χ3n) is 3.14. The number of hydrogen-bond acceptors (Lipinski definition) is 2. The number of halogens is 4. The third-order valence-corrected chi connectivity index (χ3v) is 3.59. The second kappa shape index (κ2) is 5.60. The number of anilines is 3. The minimum Gasteiger partial charge on any atom is -0.397 e. The Hall–Kier alpha value is -1.69. The van der Waals surface area contributed by atoms with Crippen molar-refractivity contribution in [2.24, 2.45) is 0 Å². The predicted octanol–water partition coefficient (Wildman–Crippen LogP) is 5.41. The van der Waals surface area contributed by atoms with Crippen molar-refractivity contribution in [1.82, 2.24) is 0 Å². The monoisotopic (exact) mass is 358 g/mol. The molecule has 112 valence electrons. The number of nitrogen functional groups attached to an aromatic ring is 1. The van der Waals surface area contributed by atoms with Gasteiger partial charge in [-0.1, -0.05) is 15.9 Å². The summed E-state index contributed by atoms with van der Waals surface area (Å²) in [7, 11) is 0. The smallest absolute Gasteiger partial charge is 0.397 e. The number of aryl methyl sites for hydroxylation is 2. The normalized spacial score (nSPS) is 11.5. The molecule has 0 saturated carbocycles. The Kier molecular flexibility index (Phi) is 4.18. The highest BCUT2D eigenvalue weighted by Gasteiger charge is 2.30. The molecular formula is C15H14BrF3N2. The van der Waals surface area contributed by atoms with Crippen LogP contribution in [0.4, 0.5) is 30.2 Å². The summed E-state index contributed by atoms with van der Waals surface area (Å²) in [6.45, 7) is 3.83. The highest BCUT2D eigenvalue weighted by molar-refractivity contribution is 9.10. The highest BCUT2D eigenvalue weighted by Crippen LogP contribution is 2.35. The van der Waals surface area contributed by atoms with Crippen LogP contribution >= 0.6 is 15.9 Å². The maximum absolute atomic E-state index is 12.6. The van der Waals surface area contributed by atoms with Gasteiger partial charge in [-0.2, -0.15) is 13.2 Å². The van der Waals surface area contributed by atoms with Gasteiger partial charge in [-0.3, -0.25) is 0 Å². The molecule has 2 aromatic carbocycles. The molecule has 0 aliphatic heterocycles. The molecule has 3 N–H and O–H groups in total. The van der Waals surface area contributed by atoms with E-state index < -0.39 is 11.7 Å². The Morgan fingerprint density at radius 2 is 1.62 bits per heavy atom. The number of benzene rings is 2. The van der Waals surface area contributed by atoms with E-state index in [9.17, 15) is 13.2 Å². The van der Waals surface area contributed by atoms with Crippen molar-refractivity contribution in [3.05, 3.63) is 51.5 Å². The molecule has 0 radical (unpaired) electrons. The SMILES string of the molecule is Cc1cc(Br)cc(C)c1Nc1ccc(C(F)(F)F)cc1N. The van der Waals surface area contributed by atoms with Crippen LogP contribution < -0.4 is 11.1 Å². The molecule has 0 fully saturated rings. The summed E-state index contributed by atoms with van der Waals surface area (Å²) in [6.07, 6.45) is -4.39. The zero-order valence-corrected chi connectivity index (χ0v) is 13.1. The van der Waals surface area contributed by atoms with Crippen LogP contribution in [0.25, 0.3) is 0 Å². The van der Waals surface area contributed by atoms with Gasteiger partial charge in [0.15, 0.2) is 0 Å². The summed E-state index contributed by atoms with van der Waals surface area (Å²) < 4.78 is 38.8. The van der Waals surface area contributed by atoms with Crippen LogP contribution in [0.5, 0.6) is 0 Å². The lowest BCUT2D eigenvalue weighted by Crippen LogP contribution is -2.07. The van der Waals surface area contributed by atoms with E-state index >= 15 is 0 Å². The van der Waals surface area contributed by atoms with Crippen molar-refractivity contribution in [2.75, 3.05) is 11.1 Å². The van der Waals surface area contributed by atoms with Gasteiger partial charge in [0.2, 0.25) is 0 Å². The lowest BCUT2D eigenvalue weighted by Gasteiger charge is -2.16. The van der Waals surface area contributed by atoms with E-state index in [2.05, 4.69) is 21.2 Å². The first-order valence-corrected chi connectivity index (χ1v) is 6.98. The summed E-state index contributed by atoms with van der Waals surface area (Å²) in [5.74, 6) is 0. The molecule has 0 amide bonds. The van der Waals surface area contributed by atoms with Gasteiger partial charge >= 0.3 is 6.18 Å². The molecule has 0 aliphatic carbocycles. The maximum Gasteiger partial charge on any atom is 0.416 e. The van der Waals surface area contributed by atoms with Gasteiger partial charge in [0.25, 0.3) is 0 Å². The topological polar surface area (TPSA) is 38.0 Å². The lowest BCUT2D eigenvalue weighted by atomic mass is 10.1. The fourth-order valence-electron chi connectivity index (χ4n) is 2.10. The van der Waals surface area contributed by atoms with E-state index in [1.807, 2.05) is 26.0 Å². The maximum atomic E-state index is 12.6. The first-order valence-electron chi connectivity index (χ1n) is 6.19. The van der Waals surface area contributed by atoms with Crippen molar-refractivity contribution < 1.29 is 13.2 Å². The van der Waals surface area contributed by atoms with Crippen LogP contribution in [0.3, 0.4) is 0 Å².